The average Bonchev–Trinajstić information content (AvgIpc) is 3.02. The summed E-state index contributed by atoms with van der Waals surface area (Å²) in [6.45, 7) is 3.50. The van der Waals surface area contributed by atoms with E-state index in [9.17, 15) is 14.9 Å². The van der Waals surface area contributed by atoms with E-state index in [4.69, 9.17) is 0 Å². The molecule has 27 heavy (non-hydrogen) atoms. The van der Waals surface area contributed by atoms with Gasteiger partial charge in [0, 0.05) is 39.8 Å². The van der Waals surface area contributed by atoms with Gasteiger partial charge in [-0.25, -0.2) is 4.79 Å². The van der Waals surface area contributed by atoms with Gasteiger partial charge >= 0.3 is 5.69 Å². The number of nitriles is 1. The van der Waals surface area contributed by atoms with Gasteiger partial charge in [-0.15, -0.1) is 0 Å². The fourth-order valence-electron chi connectivity index (χ4n) is 3.72. The summed E-state index contributed by atoms with van der Waals surface area (Å²) >= 11 is 0. The Morgan fingerprint density at radius 3 is 2.48 bits per heavy atom. The summed E-state index contributed by atoms with van der Waals surface area (Å²) in [5, 5.41) is 13.2. The highest BCUT2D eigenvalue weighted by molar-refractivity contribution is 5.89. The summed E-state index contributed by atoms with van der Waals surface area (Å²) < 4.78 is 3.22. The molecule has 138 valence electrons. The van der Waals surface area contributed by atoms with Crippen molar-refractivity contribution in [1.82, 2.24) is 19.4 Å². The largest absolute Gasteiger partial charge is 0.354 e. The average molecular weight is 364 g/mol. The molecule has 3 aromatic rings. The van der Waals surface area contributed by atoms with E-state index >= 15 is 0 Å². The topological polar surface area (TPSA) is 98.8 Å². The van der Waals surface area contributed by atoms with Crippen LogP contribution in [0.4, 0.5) is 5.82 Å². The highest BCUT2D eigenvalue weighted by Crippen LogP contribution is 2.31. The van der Waals surface area contributed by atoms with E-state index < -0.39 is 11.2 Å². The number of anilines is 1. The van der Waals surface area contributed by atoms with Gasteiger partial charge in [-0.3, -0.25) is 14.3 Å². The van der Waals surface area contributed by atoms with E-state index in [2.05, 4.69) is 21.3 Å². The van der Waals surface area contributed by atoms with E-state index in [1.165, 1.54) is 4.57 Å². The molecule has 1 aromatic carbocycles. The summed E-state index contributed by atoms with van der Waals surface area (Å²) in [6, 6.07) is 12.0. The van der Waals surface area contributed by atoms with Crippen LogP contribution in [0.5, 0.6) is 0 Å². The van der Waals surface area contributed by atoms with Gasteiger partial charge in [0.2, 0.25) is 0 Å². The van der Waals surface area contributed by atoms with Gasteiger partial charge in [-0.1, -0.05) is 30.3 Å². The first-order valence-electron chi connectivity index (χ1n) is 8.87. The molecule has 4 rings (SSSR count). The van der Waals surface area contributed by atoms with Crippen molar-refractivity contribution in [2.45, 2.75) is 6.54 Å². The maximum atomic E-state index is 12.7. The van der Waals surface area contributed by atoms with Crippen molar-refractivity contribution < 1.29 is 0 Å². The van der Waals surface area contributed by atoms with Crippen molar-refractivity contribution in [2.24, 2.45) is 7.05 Å². The minimum atomic E-state index is -0.521. The van der Waals surface area contributed by atoms with E-state index in [-0.39, 0.29) is 0 Å². The predicted molar refractivity (Wildman–Crippen MR) is 103 cm³/mol. The fourth-order valence-corrected chi connectivity index (χ4v) is 3.72. The van der Waals surface area contributed by atoms with Crippen LogP contribution in [0, 0.1) is 11.3 Å². The van der Waals surface area contributed by atoms with Crippen molar-refractivity contribution >= 4 is 16.9 Å². The molecule has 3 heterocycles. The number of hydrogen-bond donors (Lipinski definition) is 2. The quantitative estimate of drug-likeness (QED) is 0.699. The molecule has 8 nitrogen and oxygen atoms in total. The van der Waals surface area contributed by atoms with E-state index in [0.29, 0.717) is 29.0 Å². The van der Waals surface area contributed by atoms with E-state index in [1.54, 1.807) is 7.05 Å². The SMILES string of the molecule is Cn1c(=O)[nH]c(=O)c2c1c(C#N)c(N1CCNCC1)n2Cc1ccccc1. The van der Waals surface area contributed by atoms with Crippen LogP contribution >= 0.6 is 0 Å². The molecule has 2 N–H and O–H groups in total. The van der Waals surface area contributed by atoms with Gasteiger partial charge in [-0.05, 0) is 5.56 Å². The summed E-state index contributed by atoms with van der Waals surface area (Å²) in [4.78, 5) is 29.3. The van der Waals surface area contributed by atoms with Crippen LogP contribution in [0.15, 0.2) is 39.9 Å². The van der Waals surface area contributed by atoms with Gasteiger partial charge < -0.3 is 14.8 Å². The third-order valence-electron chi connectivity index (χ3n) is 5.00. The van der Waals surface area contributed by atoms with Crippen molar-refractivity contribution in [3.05, 3.63) is 62.3 Å². The molecule has 0 aliphatic carbocycles. The Morgan fingerprint density at radius 1 is 1.11 bits per heavy atom. The summed E-state index contributed by atoms with van der Waals surface area (Å²) in [5.74, 6) is 0.699. The highest BCUT2D eigenvalue weighted by Gasteiger charge is 2.27. The minimum Gasteiger partial charge on any atom is -0.354 e. The van der Waals surface area contributed by atoms with Gasteiger partial charge in [-0.2, -0.15) is 5.26 Å². The number of benzene rings is 1. The molecule has 1 aliphatic rings. The van der Waals surface area contributed by atoms with Crippen molar-refractivity contribution in [1.29, 1.82) is 5.26 Å². The molecule has 8 heteroatoms. The summed E-state index contributed by atoms with van der Waals surface area (Å²) in [7, 11) is 1.58. The smallest absolute Gasteiger partial charge is 0.328 e. The van der Waals surface area contributed by atoms with Crippen LogP contribution in [0.1, 0.15) is 11.1 Å². The number of aromatic nitrogens is 3. The maximum Gasteiger partial charge on any atom is 0.328 e. The molecule has 0 spiro atoms. The number of aromatic amines is 1. The first-order chi connectivity index (χ1) is 13.1. The Balaban J connectivity index is 2.06. The normalized spacial score (nSPS) is 14.4. The van der Waals surface area contributed by atoms with Crippen molar-refractivity contribution in [2.75, 3.05) is 31.1 Å². The molecule has 0 amide bonds. The van der Waals surface area contributed by atoms with Crippen LogP contribution < -0.4 is 21.5 Å². The third kappa shape index (κ3) is 2.82. The molecular formula is C19H20N6O2. The lowest BCUT2D eigenvalue weighted by Crippen LogP contribution is -2.44. The number of nitrogens with zero attached hydrogens (tertiary/aromatic N) is 4. The molecule has 0 unspecified atom stereocenters. The van der Waals surface area contributed by atoms with Crippen LogP contribution in [0.2, 0.25) is 0 Å². The van der Waals surface area contributed by atoms with Gasteiger partial charge in [0.25, 0.3) is 5.56 Å². The molecule has 2 aromatic heterocycles. The lowest BCUT2D eigenvalue weighted by atomic mass is 10.2. The van der Waals surface area contributed by atoms with Gasteiger partial charge in [0.1, 0.15) is 23.0 Å². The lowest BCUT2D eigenvalue weighted by Gasteiger charge is -2.30. The molecular weight excluding hydrogens is 344 g/mol. The number of fused-ring (bicyclic) bond motifs is 1. The lowest BCUT2D eigenvalue weighted by molar-refractivity contribution is 0.576. The first kappa shape index (κ1) is 17.1. The molecule has 1 aliphatic heterocycles. The number of nitrogens with one attached hydrogen (secondary N) is 2. The maximum absolute atomic E-state index is 12.7. The van der Waals surface area contributed by atoms with E-state index in [0.717, 1.165) is 31.7 Å². The van der Waals surface area contributed by atoms with Crippen molar-refractivity contribution in [3.63, 3.8) is 0 Å². The summed E-state index contributed by atoms with van der Waals surface area (Å²) in [5.41, 5.74) is 1.13. The number of rotatable bonds is 3. The number of hydrogen-bond acceptors (Lipinski definition) is 5. The minimum absolute atomic E-state index is 0.353. The second-order valence-electron chi connectivity index (χ2n) is 6.63. The van der Waals surface area contributed by atoms with Gasteiger partial charge in [0.05, 0.1) is 5.52 Å². The predicted octanol–water partition coefficient (Wildman–Crippen LogP) is 0.358. The standard InChI is InChI=1S/C19H20N6O2/c1-23-15-14(11-20)18(24-9-7-21-8-10-24)25(12-13-5-3-2-4-6-13)16(15)17(26)22-19(23)27/h2-6,21H,7-10,12H2,1H3,(H,22,26,27). The molecule has 0 bridgehead atoms. The zero-order chi connectivity index (χ0) is 19.0. The number of aryl methyl sites for hydroxylation is 1. The van der Waals surface area contributed by atoms with E-state index in [1.807, 2.05) is 34.9 Å². The monoisotopic (exact) mass is 364 g/mol. The summed E-state index contributed by atoms with van der Waals surface area (Å²) in [6.07, 6.45) is 0. The van der Waals surface area contributed by atoms with Crippen LogP contribution in [0.25, 0.3) is 11.0 Å². The molecule has 0 radical (unpaired) electrons. The third-order valence-corrected chi connectivity index (χ3v) is 5.00. The highest BCUT2D eigenvalue weighted by atomic mass is 16.2. The van der Waals surface area contributed by atoms with Crippen molar-refractivity contribution in [3.8, 4) is 6.07 Å². The fraction of sp³-hybridized carbons (Fsp3) is 0.316. The van der Waals surface area contributed by atoms with Gasteiger partial charge in [0.15, 0.2) is 0 Å². The number of H-pyrrole nitrogens is 1. The Hall–Kier alpha value is -3.31. The zero-order valence-electron chi connectivity index (χ0n) is 15.0. The molecule has 0 atom stereocenters. The van der Waals surface area contributed by atoms with Crippen LogP contribution in [0.3, 0.4) is 0 Å². The van der Waals surface area contributed by atoms with Crippen LogP contribution in [-0.4, -0.2) is 40.3 Å². The molecule has 1 saturated heterocycles. The Kier molecular flexibility index (Phi) is 4.30. The molecule has 0 saturated carbocycles. The van der Waals surface area contributed by atoms with Crippen LogP contribution in [-0.2, 0) is 13.6 Å². The second kappa shape index (κ2) is 6.78. The second-order valence-corrected chi connectivity index (χ2v) is 6.63. The molecule has 1 fully saturated rings. The Labute approximate surface area is 155 Å². The first-order valence-corrected chi connectivity index (χ1v) is 8.87. The number of piperazine rings is 1. The Morgan fingerprint density at radius 2 is 1.81 bits per heavy atom. The zero-order valence-corrected chi connectivity index (χ0v) is 15.0. The Bertz CT molecular complexity index is 1140.